The zero-order valence-corrected chi connectivity index (χ0v) is 12.5. The average Bonchev–Trinajstić information content (AvgIpc) is 2.64. The van der Waals surface area contributed by atoms with E-state index in [1.807, 2.05) is 4.90 Å². The molecule has 0 bridgehead atoms. The summed E-state index contributed by atoms with van der Waals surface area (Å²) < 4.78 is 4.83. The second kappa shape index (κ2) is 5.38. The van der Waals surface area contributed by atoms with Crippen LogP contribution in [0.5, 0.6) is 0 Å². The summed E-state index contributed by atoms with van der Waals surface area (Å²) in [5.41, 5.74) is 0.364. The number of carbonyl (C=O) groups is 1. The summed E-state index contributed by atoms with van der Waals surface area (Å²) in [6, 6.07) is 0.603. The maximum absolute atomic E-state index is 11.3. The first-order chi connectivity index (χ1) is 7.08. The van der Waals surface area contributed by atoms with E-state index in [-0.39, 0.29) is 38.7 Å². The van der Waals surface area contributed by atoms with Crippen molar-refractivity contribution in [3.8, 4) is 0 Å². The topological polar surface area (TPSA) is 56.0 Å². The molecule has 5 nitrogen and oxygen atoms in total. The van der Waals surface area contributed by atoms with Crippen LogP contribution in [0.25, 0.3) is 5.32 Å². The summed E-state index contributed by atoms with van der Waals surface area (Å²) in [5.74, 6) is 0.0299. The predicted molar refractivity (Wildman–Crippen MR) is 56.3 cm³/mol. The molecule has 1 saturated heterocycles. The van der Waals surface area contributed by atoms with Gasteiger partial charge in [-0.3, -0.25) is 0 Å². The van der Waals surface area contributed by atoms with Crippen LogP contribution in [-0.2, 0) is 42.2 Å². The van der Waals surface area contributed by atoms with Gasteiger partial charge in [-0.25, -0.2) is 9.79 Å². The van der Waals surface area contributed by atoms with E-state index < -0.39 is 0 Å². The molecule has 16 heavy (non-hydrogen) atoms. The Kier molecular flexibility index (Phi) is 4.65. The van der Waals surface area contributed by atoms with Gasteiger partial charge in [-0.15, -0.1) is 6.04 Å². The quantitative estimate of drug-likeness (QED) is 0.540. The summed E-state index contributed by atoms with van der Waals surface area (Å²) >= 11 is 0. The molecule has 0 radical (unpaired) electrons. The minimum Gasteiger partial charge on any atom is -0.641 e. The molecule has 2 heterocycles. The molecule has 0 aromatic carbocycles. The Morgan fingerprint density at radius 2 is 2.25 bits per heavy atom. The fraction of sp³-hybridized carbons (Fsp3) is 0.600. The molecule has 1 fully saturated rings. The van der Waals surface area contributed by atoms with Crippen LogP contribution in [0.4, 0.5) is 0 Å². The van der Waals surface area contributed by atoms with Crippen LogP contribution in [0.3, 0.4) is 0 Å². The zero-order valence-electron chi connectivity index (χ0n) is 9.67. The third-order valence-corrected chi connectivity index (χ3v) is 2.77. The SMILES string of the molecule is CC1=N/C(=C\N2C[N-]C(C)C2C)C(=O)O1.[Y+3]. The minimum absolute atomic E-state index is 0. The zero-order chi connectivity index (χ0) is 11.0. The summed E-state index contributed by atoms with van der Waals surface area (Å²) in [4.78, 5) is 17.3. The van der Waals surface area contributed by atoms with Crippen LogP contribution >= 0.6 is 0 Å². The second-order valence-corrected chi connectivity index (χ2v) is 3.85. The van der Waals surface area contributed by atoms with E-state index in [1.54, 1.807) is 13.1 Å². The van der Waals surface area contributed by atoms with Crippen LogP contribution < -0.4 is 0 Å². The molecule has 0 spiro atoms. The van der Waals surface area contributed by atoms with E-state index in [4.69, 9.17) is 4.74 Å². The summed E-state index contributed by atoms with van der Waals surface area (Å²) in [6.45, 7) is 6.42. The first-order valence-electron chi connectivity index (χ1n) is 4.99. The van der Waals surface area contributed by atoms with Crippen LogP contribution in [0.15, 0.2) is 16.9 Å². The smallest absolute Gasteiger partial charge is 0.641 e. The molecule has 2 atom stereocenters. The molecule has 0 N–H and O–H groups in total. The first kappa shape index (κ1) is 13.8. The predicted octanol–water partition coefficient (Wildman–Crippen LogP) is 1.22. The number of esters is 1. The van der Waals surface area contributed by atoms with Gasteiger partial charge in [0.05, 0.1) is 0 Å². The number of rotatable bonds is 1. The van der Waals surface area contributed by atoms with Gasteiger partial charge in [0.1, 0.15) is 0 Å². The third-order valence-electron chi connectivity index (χ3n) is 2.77. The van der Waals surface area contributed by atoms with Crippen molar-refractivity contribution in [1.29, 1.82) is 0 Å². The van der Waals surface area contributed by atoms with E-state index in [9.17, 15) is 4.79 Å². The largest absolute Gasteiger partial charge is 3.00 e. The number of nitrogens with zero attached hydrogens (tertiary/aromatic N) is 3. The number of hydrogen-bond acceptors (Lipinski definition) is 4. The molecule has 2 aliphatic rings. The van der Waals surface area contributed by atoms with Gasteiger partial charge < -0.3 is 15.0 Å². The van der Waals surface area contributed by atoms with Gasteiger partial charge in [0, 0.05) is 19.2 Å². The first-order valence-corrected chi connectivity index (χ1v) is 4.99. The van der Waals surface area contributed by atoms with Gasteiger partial charge in [-0.1, -0.05) is 13.6 Å². The van der Waals surface area contributed by atoms with Gasteiger partial charge in [-0.05, 0) is 6.92 Å². The molecule has 82 valence electrons. The van der Waals surface area contributed by atoms with Crippen molar-refractivity contribution in [1.82, 2.24) is 4.90 Å². The molecule has 6 heteroatoms. The van der Waals surface area contributed by atoms with E-state index >= 15 is 0 Å². The van der Waals surface area contributed by atoms with Crippen LogP contribution in [0.2, 0.25) is 0 Å². The summed E-state index contributed by atoms with van der Waals surface area (Å²) in [5, 5.41) is 4.37. The van der Waals surface area contributed by atoms with Gasteiger partial charge in [0.2, 0.25) is 0 Å². The van der Waals surface area contributed by atoms with Crippen molar-refractivity contribution < 1.29 is 42.2 Å². The molecule has 0 aromatic rings. The molecular formula is C10H14N3O2Y+2. The Labute approximate surface area is 120 Å². The molecule has 2 unspecified atom stereocenters. The van der Waals surface area contributed by atoms with Gasteiger partial charge >= 0.3 is 38.7 Å². The van der Waals surface area contributed by atoms with Gasteiger partial charge in [0.25, 0.3) is 0 Å². The van der Waals surface area contributed by atoms with Crippen molar-refractivity contribution in [3.05, 3.63) is 17.2 Å². The van der Waals surface area contributed by atoms with Crippen LogP contribution in [0, 0.1) is 0 Å². The van der Waals surface area contributed by atoms with Gasteiger partial charge in [-0.2, -0.15) is 0 Å². The van der Waals surface area contributed by atoms with Crippen molar-refractivity contribution in [2.45, 2.75) is 32.9 Å². The minimum atomic E-state index is -0.376. The fourth-order valence-electron chi connectivity index (χ4n) is 1.60. The fourth-order valence-corrected chi connectivity index (χ4v) is 1.60. The molecule has 0 aliphatic carbocycles. The molecule has 0 amide bonds. The maximum Gasteiger partial charge on any atom is 3.00 e. The van der Waals surface area contributed by atoms with E-state index in [0.29, 0.717) is 30.3 Å². The molecule has 0 aromatic heterocycles. The summed E-state index contributed by atoms with van der Waals surface area (Å²) in [7, 11) is 0. The number of ether oxygens (including phenoxy) is 1. The van der Waals surface area contributed by atoms with Crippen molar-refractivity contribution >= 4 is 11.9 Å². The Balaban J connectivity index is 0.00000128. The van der Waals surface area contributed by atoms with Gasteiger partial charge in [0.15, 0.2) is 11.6 Å². The van der Waals surface area contributed by atoms with Crippen molar-refractivity contribution in [2.24, 2.45) is 4.99 Å². The van der Waals surface area contributed by atoms with E-state index in [2.05, 4.69) is 24.2 Å². The Hall–Kier alpha value is -0.256. The van der Waals surface area contributed by atoms with E-state index in [1.165, 1.54) is 0 Å². The monoisotopic (exact) mass is 297 g/mol. The third kappa shape index (κ3) is 2.70. The summed E-state index contributed by atoms with van der Waals surface area (Å²) in [6.07, 6.45) is 1.73. The van der Waals surface area contributed by atoms with Crippen molar-refractivity contribution in [3.63, 3.8) is 0 Å². The Morgan fingerprint density at radius 1 is 1.56 bits per heavy atom. The Morgan fingerprint density at radius 3 is 2.69 bits per heavy atom. The molecule has 0 saturated carbocycles. The number of aliphatic imine (C=N–C) groups is 1. The normalized spacial score (nSPS) is 31.4. The molecular weight excluding hydrogens is 283 g/mol. The number of hydrogen-bond donors (Lipinski definition) is 0. The number of cyclic esters (lactones) is 1. The second-order valence-electron chi connectivity index (χ2n) is 3.85. The Bertz CT molecular complexity index is 354. The van der Waals surface area contributed by atoms with Crippen molar-refractivity contribution in [2.75, 3.05) is 6.67 Å². The number of carbonyl (C=O) groups excluding carboxylic acids is 1. The molecule has 2 rings (SSSR count). The average molecular weight is 297 g/mol. The van der Waals surface area contributed by atoms with E-state index in [0.717, 1.165) is 0 Å². The standard InChI is InChI=1S/C10H14N3O2.Y/c1-6-7(2)13(5-11-6)4-9-10(14)15-8(3)12-9;/h4,6-7H,5H2,1-3H3;/q-1;+3/b9-4-;. The van der Waals surface area contributed by atoms with Crippen LogP contribution in [-0.4, -0.2) is 35.5 Å². The maximum atomic E-state index is 11.3. The molecule has 2 aliphatic heterocycles. The van der Waals surface area contributed by atoms with Crippen LogP contribution in [0.1, 0.15) is 20.8 Å².